The largest absolute Gasteiger partial charge is 0.395 e. The van der Waals surface area contributed by atoms with E-state index in [9.17, 15) is 4.79 Å². The maximum atomic E-state index is 12.1. The van der Waals surface area contributed by atoms with Crippen LogP contribution in [-0.2, 0) is 7.05 Å². The van der Waals surface area contributed by atoms with Crippen LogP contribution in [0.15, 0.2) is 0 Å². The second-order valence-corrected chi connectivity index (χ2v) is 5.67. The van der Waals surface area contributed by atoms with E-state index < -0.39 is 0 Å². The van der Waals surface area contributed by atoms with Crippen LogP contribution in [0, 0.1) is 12.3 Å². The third kappa shape index (κ3) is 2.35. The number of nitrogens with two attached hydrogens (primary N) is 1. The van der Waals surface area contributed by atoms with Crippen molar-refractivity contribution in [2.24, 2.45) is 12.5 Å². The summed E-state index contributed by atoms with van der Waals surface area (Å²) in [6, 6.07) is 0. The van der Waals surface area contributed by atoms with Crippen LogP contribution in [0.25, 0.3) is 0 Å². The summed E-state index contributed by atoms with van der Waals surface area (Å²) in [6.07, 6.45) is 4.90. The van der Waals surface area contributed by atoms with Crippen LogP contribution >= 0.6 is 0 Å². The third-order valence-corrected chi connectivity index (χ3v) is 3.97. The van der Waals surface area contributed by atoms with Gasteiger partial charge in [-0.2, -0.15) is 5.10 Å². The van der Waals surface area contributed by atoms with E-state index in [4.69, 9.17) is 5.73 Å². The van der Waals surface area contributed by atoms with Gasteiger partial charge in [0.05, 0.1) is 11.4 Å². The first-order valence-corrected chi connectivity index (χ1v) is 6.50. The molecular formula is C13H22N4O. The van der Waals surface area contributed by atoms with E-state index in [-0.39, 0.29) is 11.3 Å². The summed E-state index contributed by atoms with van der Waals surface area (Å²) in [5.41, 5.74) is 7.77. The number of anilines is 1. The maximum absolute atomic E-state index is 12.1. The summed E-state index contributed by atoms with van der Waals surface area (Å²) < 4.78 is 1.55. The average Bonchev–Trinajstić information content (AvgIpc) is 2.83. The van der Waals surface area contributed by atoms with Crippen LogP contribution in [0.5, 0.6) is 0 Å². The number of hydrogen-bond acceptors (Lipinski definition) is 3. The van der Waals surface area contributed by atoms with E-state index in [1.807, 2.05) is 6.92 Å². The second kappa shape index (κ2) is 4.63. The molecule has 0 aromatic carbocycles. The zero-order valence-corrected chi connectivity index (χ0v) is 11.4. The molecule has 1 saturated carbocycles. The Morgan fingerprint density at radius 1 is 1.50 bits per heavy atom. The van der Waals surface area contributed by atoms with Gasteiger partial charge < -0.3 is 11.1 Å². The highest BCUT2D eigenvalue weighted by Gasteiger charge is 2.29. The molecule has 5 nitrogen and oxygen atoms in total. The summed E-state index contributed by atoms with van der Waals surface area (Å²) in [4.78, 5) is 12.1. The summed E-state index contributed by atoms with van der Waals surface area (Å²) in [5.74, 6) is -0.122. The van der Waals surface area contributed by atoms with Crippen molar-refractivity contribution in [2.75, 3.05) is 12.3 Å². The number of aryl methyl sites for hydroxylation is 2. The van der Waals surface area contributed by atoms with Gasteiger partial charge in [-0.1, -0.05) is 19.8 Å². The molecule has 1 heterocycles. The highest BCUT2D eigenvalue weighted by molar-refractivity contribution is 5.97. The summed E-state index contributed by atoms with van der Waals surface area (Å²) in [5, 5.41) is 7.16. The first kappa shape index (κ1) is 12.9. The van der Waals surface area contributed by atoms with Crippen LogP contribution in [0.2, 0.25) is 0 Å². The van der Waals surface area contributed by atoms with Gasteiger partial charge in [-0.25, -0.2) is 0 Å². The maximum Gasteiger partial charge on any atom is 0.271 e. The number of hydrogen-bond donors (Lipinski definition) is 2. The second-order valence-electron chi connectivity index (χ2n) is 5.67. The smallest absolute Gasteiger partial charge is 0.271 e. The topological polar surface area (TPSA) is 72.9 Å². The molecule has 0 aliphatic heterocycles. The van der Waals surface area contributed by atoms with Crippen LogP contribution in [0.3, 0.4) is 0 Å². The number of carbonyl (C=O) groups excluding carboxylic acids is 1. The molecule has 0 atom stereocenters. The van der Waals surface area contributed by atoms with E-state index in [1.165, 1.54) is 25.7 Å². The first-order chi connectivity index (χ1) is 8.43. The zero-order chi connectivity index (χ0) is 13.3. The van der Waals surface area contributed by atoms with Gasteiger partial charge in [-0.15, -0.1) is 0 Å². The summed E-state index contributed by atoms with van der Waals surface area (Å²) >= 11 is 0. The quantitative estimate of drug-likeness (QED) is 0.856. The minimum atomic E-state index is -0.122. The Labute approximate surface area is 108 Å². The van der Waals surface area contributed by atoms with Crippen LogP contribution in [0.4, 0.5) is 5.69 Å². The van der Waals surface area contributed by atoms with E-state index >= 15 is 0 Å². The SMILES string of the molecule is Cc1nn(C)c(C(=O)NCC2(C)CCCC2)c1N. The number of aromatic nitrogens is 2. The van der Waals surface area contributed by atoms with E-state index in [0.717, 1.165) is 6.54 Å². The van der Waals surface area contributed by atoms with Gasteiger partial charge >= 0.3 is 0 Å². The number of carbonyl (C=O) groups is 1. The average molecular weight is 250 g/mol. The molecule has 1 aliphatic carbocycles. The normalized spacial score (nSPS) is 17.9. The lowest BCUT2D eigenvalue weighted by atomic mass is 9.89. The molecule has 1 aromatic heterocycles. The lowest BCUT2D eigenvalue weighted by Gasteiger charge is -2.23. The van der Waals surface area contributed by atoms with Gasteiger partial charge in [0.25, 0.3) is 5.91 Å². The van der Waals surface area contributed by atoms with E-state index in [2.05, 4.69) is 17.3 Å². The number of rotatable bonds is 3. The van der Waals surface area contributed by atoms with Crippen molar-refractivity contribution in [3.8, 4) is 0 Å². The van der Waals surface area contributed by atoms with Crippen LogP contribution < -0.4 is 11.1 Å². The van der Waals surface area contributed by atoms with Crippen LogP contribution in [-0.4, -0.2) is 22.2 Å². The number of amides is 1. The molecule has 18 heavy (non-hydrogen) atoms. The lowest BCUT2D eigenvalue weighted by Crippen LogP contribution is -2.35. The molecule has 1 aliphatic rings. The predicted molar refractivity (Wildman–Crippen MR) is 71.3 cm³/mol. The van der Waals surface area contributed by atoms with Crippen molar-refractivity contribution in [1.82, 2.24) is 15.1 Å². The minimum absolute atomic E-state index is 0.122. The highest BCUT2D eigenvalue weighted by atomic mass is 16.2. The van der Waals surface area contributed by atoms with Gasteiger partial charge in [-0.3, -0.25) is 9.48 Å². The first-order valence-electron chi connectivity index (χ1n) is 6.50. The lowest BCUT2D eigenvalue weighted by molar-refractivity contribution is 0.0925. The van der Waals surface area contributed by atoms with Gasteiger partial charge in [-0.05, 0) is 25.2 Å². The Morgan fingerprint density at radius 2 is 2.11 bits per heavy atom. The van der Waals surface area contributed by atoms with Crippen molar-refractivity contribution in [3.05, 3.63) is 11.4 Å². The standard InChI is InChI=1S/C13H22N4O/c1-9-10(14)11(17(3)16-9)12(18)15-8-13(2)6-4-5-7-13/h4-8,14H2,1-3H3,(H,15,18). The minimum Gasteiger partial charge on any atom is -0.395 e. The van der Waals surface area contributed by atoms with Gasteiger partial charge in [0.15, 0.2) is 0 Å². The molecule has 5 heteroatoms. The molecular weight excluding hydrogens is 228 g/mol. The number of nitrogens with one attached hydrogen (secondary N) is 1. The van der Waals surface area contributed by atoms with Crippen molar-refractivity contribution in [3.63, 3.8) is 0 Å². The predicted octanol–water partition coefficient (Wildman–Crippen LogP) is 1.62. The molecule has 0 bridgehead atoms. The molecule has 100 valence electrons. The zero-order valence-electron chi connectivity index (χ0n) is 11.4. The Kier molecular flexibility index (Phi) is 3.32. The Balaban J connectivity index is 2.04. The molecule has 0 unspecified atom stereocenters. The molecule has 0 radical (unpaired) electrons. The van der Waals surface area contributed by atoms with Crippen molar-refractivity contribution < 1.29 is 4.79 Å². The molecule has 0 spiro atoms. The molecule has 1 fully saturated rings. The molecule has 1 amide bonds. The molecule has 1 aromatic rings. The van der Waals surface area contributed by atoms with Crippen molar-refractivity contribution in [2.45, 2.75) is 39.5 Å². The Hall–Kier alpha value is -1.52. The number of nitrogens with zero attached hydrogens (tertiary/aromatic N) is 2. The van der Waals surface area contributed by atoms with Crippen molar-refractivity contribution >= 4 is 11.6 Å². The van der Waals surface area contributed by atoms with Crippen LogP contribution in [0.1, 0.15) is 48.8 Å². The fraction of sp³-hybridized carbons (Fsp3) is 0.692. The molecule has 3 N–H and O–H groups in total. The van der Waals surface area contributed by atoms with E-state index in [1.54, 1.807) is 11.7 Å². The van der Waals surface area contributed by atoms with Gasteiger partial charge in [0.2, 0.25) is 0 Å². The van der Waals surface area contributed by atoms with Gasteiger partial charge in [0.1, 0.15) is 5.69 Å². The molecule has 0 saturated heterocycles. The third-order valence-electron chi connectivity index (χ3n) is 3.97. The summed E-state index contributed by atoms with van der Waals surface area (Å²) in [6.45, 7) is 4.76. The monoisotopic (exact) mass is 250 g/mol. The van der Waals surface area contributed by atoms with Gasteiger partial charge in [0, 0.05) is 13.6 Å². The fourth-order valence-electron chi connectivity index (χ4n) is 2.73. The summed E-state index contributed by atoms with van der Waals surface area (Å²) in [7, 11) is 1.75. The Bertz CT molecular complexity index is 458. The van der Waals surface area contributed by atoms with Crippen molar-refractivity contribution in [1.29, 1.82) is 0 Å². The number of nitrogen functional groups attached to an aromatic ring is 1. The fourth-order valence-corrected chi connectivity index (χ4v) is 2.73. The molecule has 2 rings (SSSR count). The van der Waals surface area contributed by atoms with E-state index in [0.29, 0.717) is 17.1 Å². The highest BCUT2D eigenvalue weighted by Crippen LogP contribution is 2.36. The Morgan fingerprint density at radius 3 is 2.61 bits per heavy atom.